The molecule has 0 amide bonds. The molecule has 0 spiro atoms. The van der Waals surface area contributed by atoms with Gasteiger partial charge in [0.2, 0.25) is 0 Å². The standard InChI is InChI=1S/C3H9OSSi/c1-6(2,3)5-4/h1-3H3/q+1. The molecule has 0 fully saturated rings. The van der Waals surface area contributed by atoms with E-state index in [0.29, 0.717) is 0 Å². The fraction of sp³-hybridized carbons (Fsp3) is 1.00. The second-order valence-electron chi connectivity index (χ2n) is 2.20. The van der Waals surface area contributed by atoms with Crippen molar-refractivity contribution in [3.05, 3.63) is 0 Å². The largest absolute Gasteiger partial charge is 0.442 e. The predicted octanol–water partition coefficient (Wildman–Crippen LogP) is 1.25. The van der Waals surface area contributed by atoms with Crippen molar-refractivity contribution < 1.29 is 4.21 Å². The minimum absolute atomic E-state index is 0.771. The highest BCUT2D eigenvalue weighted by molar-refractivity contribution is 8.02. The van der Waals surface area contributed by atoms with Crippen LogP contribution in [0.15, 0.2) is 0 Å². The third-order valence-electron chi connectivity index (χ3n) is 0.250. The second kappa shape index (κ2) is 1.79. The fourth-order valence-corrected chi connectivity index (χ4v) is 0. The molecule has 1 nitrogen and oxygen atoms in total. The Morgan fingerprint density at radius 2 is 1.50 bits per heavy atom. The number of hydrogen-bond acceptors (Lipinski definition) is 1. The minimum Gasteiger partial charge on any atom is -0.0109 e. The van der Waals surface area contributed by atoms with Crippen molar-refractivity contribution in [2.45, 2.75) is 19.6 Å². The number of rotatable bonds is 1. The molecule has 0 aliphatic rings. The van der Waals surface area contributed by atoms with Gasteiger partial charge in [-0.3, -0.25) is 0 Å². The molecule has 3 heteroatoms. The topological polar surface area (TPSA) is 17.1 Å². The summed E-state index contributed by atoms with van der Waals surface area (Å²) in [5, 5.41) is 0. The van der Waals surface area contributed by atoms with Gasteiger partial charge in [-0.1, -0.05) is 0 Å². The smallest absolute Gasteiger partial charge is 0.0109 e. The van der Waals surface area contributed by atoms with Gasteiger partial charge in [0.1, 0.15) is 0 Å². The molecule has 0 N–H and O–H groups in total. The maximum atomic E-state index is 9.93. The molecule has 0 bridgehead atoms. The van der Waals surface area contributed by atoms with Gasteiger partial charge in [0.25, 0.3) is 0 Å². The molecule has 0 aliphatic heterocycles. The Kier molecular flexibility index (Phi) is 1.87. The van der Waals surface area contributed by atoms with E-state index in [9.17, 15) is 4.21 Å². The molecule has 0 aromatic heterocycles. The van der Waals surface area contributed by atoms with Gasteiger partial charge < -0.3 is 0 Å². The molecular weight excluding hydrogens is 112 g/mol. The lowest BCUT2D eigenvalue weighted by molar-refractivity contribution is 0.609. The summed E-state index contributed by atoms with van der Waals surface area (Å²) >= 11 is 0.771. The van der Waals surface area contributed by atoms with Crippen LogP contribution < -0.4 is 0 Å². The summed E-state index contributed by atoms with van der Waals surface area (Å²) in [5.41, 5.74) is 0. The Balaban J connectivity index is 3.45. The van der Waals surface area contributed by atoms with Gasteiger partial charge in [-0.2, -0.15) is 0 Å². The van der Waals surface area contributed by atoms with E-state index in [2.05, 4.69) is 0 Å². The second-order valence-corrected chi connectivity index (χ2v) is 10.8. The Bertz CT molecular complexity index is 56.3. The van der Waals surface area contributed by atoms with Crippen molar-refractivity contribution in [2.24, 2.45) is 0 Å². The van der Waals surface area contributed by atoms with Crippen LogP contribution >= 0.6 is 0 Å². The maximum Gasteiger partial charge on any atom is 0.442 e. The lowest BCUT2D eigenvalue weighted by atomic mass is 11.8. The summed E-state index contributed by atoms with van der Waals surface area (Å²) in [6.07, 6.45) is 0. The van der Waals surface area contributed by atoms with Crippen LogP contribution in [0.1, 0.15) is 0 Å². The highest BCUT2D eigenvalue weighted by atomic mass is 32.3. The van der Waals surface area contributed by atoms with E-state index < -0.39 is 7.22 Å². The van der Waals surface area contributed by atoms with Crippen molar-refractivity contribution in [2.75, 3.05) is 0 Å². The van der Waals surface area contributed by atoms with Gasteiger partial charge >= 0.3 is 18.3 Å². The van der Waals surface area contributed by atoms with E-state index in [-0.39, 0.29) is 0 Å². The van der Waals surface area contributed by atoms with Crippen LogP contribution in [-0.2, 0) is 15.3 Å². The normalized spacial score (nSPS) is 11.2. The summed E-state index contributed by atoms with van der Waals surface area (Å²) in [6.45, 7) is 6.10. The van der Waals surface area contributed by atoms with E-state index >= 15 is 0 Å². The quantitative estimate of drug-likeness (QED) is 0.377. The molecule has 0 aromatic rings. The van der Waals surface area contributed by atoms with Crippen molar-refractivity contribution in [1.29, 1.82) is 0 Å². The molecule has 0 aliphatic carbocycles. The Morgan fingerprint density at radius 3 is 1.50 bits per heavy atom. The Labute approximate surface area is 42.9 Å². The zero-order valence-corrected chi connectivity index (χ0v) is 6.13. The summed E-state index contributed by atoms with van der Waals surface area (Å²) in [6, 6.07) is 0. The predicted molar refractivity (Wildman–Crippen MR) is 31.4 cm³/mol. The van der Waals surface area contributed by atoms with Crippen LogP contribution in [0, 0.1) is 0 Å². The van der Waals surface area contributed by atoms with Gasteiger partial charge in [0, 0.05) is 4.21 Å². The minimum atomic E-state index is -1.27. The summed E-state index contributed by atoms with van der Waals surface area (Å²) in [4.78, 5) is 0. The molecule has 6 heavy (non-hydrogen) atoms. The van der Waals surface area contributed by atoms with Crippen LogP contribution in [-0.4, -0.2) is 7.22 Å². The molecule has 0 aromatic carbocycles. The Morgan fingerprint density at radius 1 is 1.33 bits per heavy atom. The zero-order valence-electron chi connectivity index (χ0n) is 4.32. The molecule has 0 rings (SSSR count). The molecule has 36 valence electrons. The van der Waals surface area contributed by atoms with Crippen molar-refractivity contribution in [3.8, 4) is 0 Å². The SMILES string of the molecule is C[Si](C)(C)[S+]=O. The van der Waals surface area contributed by atoms with Gasteiger partial charge in [0.15, 0.2) is 0 Å². The molecule has 0 heterocycles. The van der Waals surface area contributed by atoms with E-state index in [4.69, 9.17) is 0 Å². The van der Waals surface area contributed by atoms with Crippen LogP contribution in [0.5, 0.6) is 0 Å². The van der Waals surface area contributed by atoms with Crippen molar-refractivity contribution >= 4 is 18.3 Å². The van der Waals surface area contributed by atoms with Gasteiger partial charge in [-0.15, -0.1) is 0 Å². The first-order valence-electron chi connectivity index (χ1n) is 1.87. The first kappa shape index (κ1) is 6.24. The van der Waals surface area contributed by atoms with E-state index in [1.54, 1.807) is 0 Å². The van der Waals surface area contributed by atoms with Crippen molar-refractivity contribution in [3.63, 3.8) is 0 Å². The van der Waals surface area contributed by atoms with Crippen molar-refractivity contribution in [1.82, 2.24) is 0 Å². The van der Waals surface area contributed by atoms with Gasteiger partial charge in [-0.05, 0) is 19.6 Å². The van der Waals surface area contributed by atoms with Crippen LogP contribution in [0.3, 0.4) is 0 Å². The van der Waals surface area contributed by atoms with Crippen LogP contribution in [0.2, 0.25) is 19.6 Å². The third-order valence-corrected chi connectivity index (χ3v) is 2.25. The molecule has 0 saturated carbocycles. The molecular formula is C3H9OSSi+. The Hall–Kier alpha value is 0.237. The van der Waals surface area contributed by atoms with Crippen LogP contribution in [0.4, 0.5) is 0 Å². The van der Waals surface area contributed by atoms with Gasteiger partial charge in [-0.25, -0.2) is 0 Å². The zero-order chi connectivity index (χ0) is 5.21. The number of hydrogen-bond donors (Lipinski definition) is 0. The van der Waals surface area contributed by atoms with Crippen LogP contribution in [0.25, 0.3) is 0 Å². The molecule has 0 unspecified atom stereocenters. The fourth-order valence-electron chi connectivity index (χ4n) is 0. The van der Waals surface area contributed by atoms with E-state index in [0.717, 1.165) is 11.1 Å². The monoisotopic (exact) mass is 121 g/mol. The lowest BCUT2D eigenvalue weighted by Crippen LogP contribution is -2.16. The molecule has 0 atom stereocenters. The average Bonchev–Trinajstić information content (AvgIpc) is 1.35. The van der Waals surface area contributed by atoms with Gasteiger partial charge in [0.05, 0.1) is 0 Å². The average molecular weight is 121 g/mol. The third kappa shape index (κ3) is 4.24. The van der Waals surface area contributed by atoms with E-state index in [1.807, 2.05) is 19.6 Å². The highest BCUT2D eigenvalue weighted by Crippen LogP contribution is 1.94. The molecule has 0 saturated heterocycles. The van der Waals surface area contributed by atoms with E-state index in [1.165, 1.54) is 0 Å². The first-order chi connectivity index (χ1) is 2.56. The lowest BCUT2D eigenvalue weighted by Gasteiger charge is -1.78. The molecule has 0 radical (unpaired) electrons. The first-order valence-corrected chi connectivity index (χ1v) is 6.84. The summed E-state index contributed by atoms with van der Waals surface area (Å²) < 4.78 is 9.93. The highest BCUT2D eigenvalue weighted by Gasteiger charge is 2.31. The summed E-state index contributed by atoms with van der Waals surface area (Å²) in [7, 11) is -1.27. The maximum absolute atomic E-state index is 9.93. The summed E-state index contributed by atoms with van der Waals surface area (Å²) in [5.74, 6) is 0.